The summed E-state index contributed by atoms with van der Waals surface area (Å²) in [6, 6.07) is 7.82. The summed E-state index contributed by atoms with van der Waals surface area (Å²) in [5.41, 5.74) is 1.99. The lowest BCUT2D eigenvalue weighted by atomic mass is 10.0. The van der Waals surface area contributed by atoms with E-state index in [-0.39, 0.29) is 5.91 Å². The van der Waals surface area contributed by atoms with Gasteiger partial charge in [0, 0.05) is 30.5 Å². The highest BCUT2D eigenvalue weighted by Crippen LogP contribution is 2.29. The lowest BCUT2D eigenvalue weighted by Gasteiger charge is -2.17. The fraction of sp³-hybridized carbons (Fsp3) is 0.500. The monoisotopic (exact) mass is 231 g/mol. The minimum absolute atomic E-state index is 0.166. The Morgan fingerprint density at radius 3 is 2.35 bits per heavy atom. The Hall–Kier alpha value is -1.35. The Bertz CT molecular complexity index is 414. The molecule has 2 heterocycles. The van der Waals surface area contributed by atoms with Crippen LogP contribution in [-0.4, -0.2) is 37.1 Å². The van der Waals surface area contributed by atoms with E-state index >= 15 is 0 Å². The predicted octanol–water partition coefficient (Wildman–Crippen LogP) is 1.71. The summed E-state index contributed by atoms with van der Waals surface area (Å²) in [4.78, 5) is 14.2. The van der Waals surface area contributed by atoms with Crippen LogP contribution in [0.25, 0.3) is 0 Å². The summed E-state index contributed by atoms with van der Waals surface area (Å²) in [5.74, 6) is 1.29. The van der Waals surface area contributed by atoms with Crippen molar-refractivity contribution < 1.29 is 9.53 Å². The molecule has 0 bridgehead atoms. The number of nitrogens with zero attached hydrogens (tertiary/aromatic N) is 1. The van der Waals surface area contributed by atoms with Crippen molar-refractivity contribution in [1.29, 1.82) is 0 Å². The van der Waals surface area contributed by atoms with Crippen LogP contribution in [0, 0.1) is 18.8 Å². The number of amides is 1. The Balaban J connectivity index is 1.73. The topological polar surface area (TPSA) is 29.5 Å². The third-order valence-corrected chi connectivity index (χ3v) is 3.83. The van der Waals surface area contributed by atoms with Crippen molar-refractivity contribution in [1.82, 2.24) is 4.90 Å². The number of carbonyl (C=O) groups is 1. The van der Waals surface area contributed by atoms with Gasteiger partial charge in [-0.05, 0) is 19.1 Å². The lowest BCUT2D eigenvalue weighted by Crippen LogP contribution is -2.30. The van der Waals surface area contributed by atoms with Crippen molar-refractivity contribution >= 4 is 5.91 Å². The van der Waals surface area contributed by atoms with E-state index in [1.165, 1.54) is 5.56 Å². The average Bonchev–Trinajstić information content (AvgIpc) is 2.89. The van der Waals surface area contributed by atoms with Crippen molar-refractivity contribution in [3.05, 3.63) is 35.4 Å². The number of hydrogen-bond acceptors (Lipinski definition) is 2. The maximum absolute atomic E-state index is 12.3. The number of hydrogen-bond donors (Lipinski definition) is 0. The van der Waals surface area contributed by atoms with Crippen molar-refractivity contribution in [2.75, 3.05) is 26.3 Å². The zero-order valence-corrected chi connectivity index (χ0v) is 10.1. The fourth-order valence-corrected chi connectivity index (χ4v) is 2.73. The van der Waals surface area contributed by atoms with E-state index < -0.39 is 0 Å². The van der Waals surface area contributed by atoms with Gasteiger partial charge in [0.15, 0.2) is 0 Å². The number of benzene rings is 1. The van der Waals surface area contributed by atoms with Gasteiger partial charge in [0.1, 0.15) is 0 Å². The Labute approximate surface area is 101 Å². The number of ether oxygens (including phenoxy) is 1. The molecule has 0 radical (unpaired) electrons. The highest BCUT2D eigenvalue weighted by Gasteiger charge is 2.39. The quantitative estimate of drug-likeness (QED) is 0.736. The number of fused-ring (bicyclic) bond motifs is 1. The normalized spacial score (nSPS) is 27.2. The third-order valence-electron chi connectivity index (χ3n) is 3.83. The maximum Gasteiger partial charge on any atom is 0.253 e. The maximum atomic E-state index is 12.3. The molecule has 3 nitrogen and oxygen atoms in total. The highest BCUT2D eigenvalue weighted by molar-refractivity contribution is 5.94. The Morgan fingerprint density at radius 1 is 1.18 bits per heavy atom. The summed E-state index contributed by atoms with van der Waals surface area (Å²) in [6.07, 6.45) is 0. The summed E-state index contributed by atoms with van der Waals surface area (Å²) >= 11 is 0. The van der Waals surface area contributed by atoms with Gasteiger partial charge in [-0.1, -0.05) is 17.7 Å². The van der Waals surface area contributed by atoms with Crippen LogP contribution in [-0.2, 0) is 4.74 Å². The van der Waals surface area contributed by atoms with Crippen LogP contribution in [0.1, 0.15) is 15.9 Å². The minimum Gasteiger partial charge on any atom is -0.381 e. The summed E-state index contributed by atoms with van der Waals surface area (Å²) < 4.78 is 5.42. The molecule has 90 valence electrons. The van der Waals surface area contributed by atoms with Gasteiger partial charge >= 0.3 is 0 Å². The number of rotatable bonds is 1. The average molecular weight is 231 g/mol. The molecule has 3 heteroatoms. The minimum atomic E-state index is 0.166. The molecular formula is C14H17NO2. The van der Waals surface area contributed by atoms with Crippen LogP contribution in [0.15, 0.2) is 24.3 Å². The van der Waals surface area contributed by atoms with Gasteiger partial charge in [-0.2, -0.15) is 0 Å². The van der Waals surface area contributed by atoms with Crippen LogP contribution >= 0.6 is 0 Å². The molecule has 2 atom stereocenters. The predicted molar refractivity (Wildman–Crippen MR) is 64.9 cm³/mol. The molecule has 1 aromatic rings. The number of carbonyl (C=O) groups excluding carboxylic acids is 1. The van der Waals surface area contributed by atoms with Crippen molar-refractivity contribution in [2.24, 2.45) is 11.8 Å². The summed E-state index contributed by atoms with van der Waals surface area (Å²) in [5, 5.41) is 0. The molecule has 2 aliphatic heterocycles. The molecule has 17 heavy (non-hydrogen) atoms. The van der Waals surface area contributed by atoms with E-state index in [4.69, 9.17) is 4.74 Å². The second-order valence-corrected chi connectivity index (χ2v) is 5.13. The van der Waals surface area contributed by atoms with Crippen molar-refractivity contribution in [2.45, 2.75) is 6.92 Å². The molecular weight excluding hydrogens is 214 g/mol. The van der Waals surface area contributed by atoms with Crippen LogP contribution in [0.3, 0.4) is 0 Å². The Kier molecular flexibility index (Phi) is 2.63. The molecule has 2 saturated heterocycles. The first-order valence-corrected chi connectivity index (χ1v) is 6.18. The van der Waals surface area contributed by atoms with Crippen molar-refractivity contribution in [3.8, 4) is 0 Å². The molecule has 0 aromatic heterocycles. The van der Waals surface area contributed by atoms with E-state index in [9.17, 15) is 4.79 Å². The summed E-state index contributed by atoms with van der Waals surface area (Å²) in [7, 11) is 0. The van der Waals surface area contributed by atoms with Gasteiger partial charge in [0.05, 0.1) is 13.2 Å². The third kappa shape index (κ3) is 1.95. The largest absolute Gasteiger partial charge is 0.381 e. The first-order chi connectivity index (χ1) is 8.24. The second kappa shape index (κ2) is 4.15. The van der Waals surface area contributed by atoms with Gasteiger partial charge in [0.2, 0.25) is 0 Å². The van der Waals surface area contributed by atoms with Crippen molar-refractivity contribution in [3.63, 3.8) is 0 Å². The van der Waals surface area contributed by atoms with Crippen LogP contribution in [0.2, 0.25) is 0 Å². The summed E-state index contributed by atoms with van der Waals surface area (Å²) in [6.45, 7) is 5.39. The lowest BCUT2D eigenvalue weighted by molar-refractivity contribution is 0.0751. The highest BCUT2D eigenvalue weighted by atomic mass is 16.5. The van der Waals surface area contributed by atoms with E-state index in [1.54, 1.807) is 0 Å². The first-order valence-electron chi connectivity index (χ1n) is 6.18. The standard InChI is InChI=1S/C14H17NO2/c1-10-2-4-11(5-3-10)14(16)15-6-12-8-17-9-13(12)7-15/h2-5,12-13H,6-9H2,1H3. The SMILES string of the molecule is Cc1ccc(C(=O)N2CC3COCC3C2)cc1. The van der Waals surface area contributed by atoms with Gasteiger partial charge in [-0.3, -0.25) is 4.79 Å². The number of aryl methyl sites for hydroxylation is 1. The molecule has 3 rings (SSSR count). The number of likely N-dealkylation sites (tertiary alicyclic amines) is 1. The van der Waals surface area contributed by atoms with Gasteiger partial charge < -0.3 is 9.64 Å². The Morgan fingerprint density at radius 2 is 1.76 bits per heavy atom. The zero-order valence-electron chi connectivity index (χ0n) is 10.1. The van der Waals surface area contributed by atoms with Gasteiger partial charge in [-0.25, -0.2) is 0 Å². The molecule has 1 amide bonds. The van der Waals surface area contributed by atoms with E-state index in [1.807, 2.05) is 36.1 Å². The first kappa shape index (κ1) is 10.8. The molecule has 0 spiro atoms. The molecule has 1 aromatic carbocycles. The molecule has 0 aliphatic carbocycles. The molecule has 0 saturated carbocycles. The second-order valence-electron chi connectivity index (χ2n) is 5.13. The smallest absolute Gasteiger partial charge is 0.253 e. The molecule has 2 fully saturated rings. The van der Waals surface area contributed by atoms with Gasteiger partial charge in [0.25, 0.3) is 5.91 Å². The molecule has 2 aliphatic rings. The van der Waals surface area contributed by atoms with Crippen LogP contribution < -0.4 is 0 Å². The zero-order chi connectivity index (χ0) is 11.8. The van der Waals surface area contributed by atoms with Crippen LogP contribution in [0.5, 0.6) is 0 Å². The van der Waals surface area contributed by atoms with Gasteiger partial charge in [-0.15, -0.1) is 0 Å². The fourth-order valence-electron chi connectivity index (χ4n) is 2.73. The molecule has 2 unspecified atom stereocenters. The van der Waals surface area contributed by atoms with E-state index in [0.29, 0.717) is 11.8 Å². The molecule has 0 N–H and O–H groups in total. The van der Waals surface area contributed by atoms with E-state index in [2.05, 4.69) is 0 Å². The van der Waals surface area contributed by atoms with Crippen LogP contribution in [0.4, 0.5) is 0 Å². The van der Waals surface area contributed by atoms with E-state index in [0.717, 1.165) is 31.9 Å².